The Balaban J connectivity index is 2.23. The van der Waals surface area contributed by atoms with E-state index in [9.17, 15) is 4.39 Å². The lowest BCUT2D eigenvalue weighted by atomic mass is 9.98. The predicted molar refractivity (Wildman–Crippen MR) is 82.5 cm³/mol. The van der Waals surface area contributed by atoms with Crippen molar-refractivity contribution in [2.24, 2.45) is 5.73 Å². The lowest BCUT2D eigenvalue weighted by molar-refractivity contribution is 0.410. The fraction of sp³-hybridized carbons (Fsp3) is 0.250. The number of rotatable bonds is 4. The maximum atomic E-state index is 13.8. The summed E-state index contributed by atoms with van der Waals surface area (Å²) in [4.78, 5) is 0. The summed E-state index contributed by atoms with van der Waals surface area (Å²) in [6.45, 7) is 1.97. The van der Waals surface area contributed by atoms with Crippen molar-refractivity contribution in [1.29, 1.82) is 0 Å². The molecule has 0 saturated heterocycles. The van der Waals surface area contributed by atoms with Crippen molar-refractivity contribution in [2.45, 2.75) is 19.4 Å². The molecular formula is C16H17BrFNO. The largest absolute Gasteiger partial charge is 0.496 e. The topological polar surface area (TPSA) is 35.2 Å². The molecule has 0 radical (unpaired) electrons. The number of ether oxygens (including phenoxy) is 1. The van der Waals surface area contributed by atoms with Crippen LogP contribution in [0.1, 0.15) is 22.7 Å². The maximum absolute atomic E-state index is 13.8. The van der Waals surface area contributed by atoms with Crippen LogP contribution < -0.4 is 10.5 Å². The highest BCUT2D eigenvalue weighted by Gasteiger charge is 2.12. The molecule has 2 aromatic carbocycles. The number of halogens is 2. The van der Waals surface area contributed by atoms with E-state index >= 15 is 0 Å². The molecule has 4 heteroatoms. The molecule has 0 aliphatic carbocycles. The molecule has 0 aliphatic heterocycles. The van der Waals surface area contributed by atoms with Gasteiger partial charge in [-0.1, -0.05) is 28.1 Å². The van der Waals surface area contributed by atoms with Crippen molar-refractivity contribution < 1.29 is 9.13 Å². The SMILES string of the molecule is COc1cc(C(N)Cc2cc(Br)ccc2F)ccc1C. The zero-order valence-corrected chi connectivity index (χ0v) is 13.1. The predicted octanol–water partition coefficient (Wildman–Crippen LogP) is 4.15. The van der Waals surface area contributed by atoms with Gasteiger partial charge in [-0.05, 0) is 54.3 Å². The summed E-state index contributed by atoms with van der Waals surface area (Å²) in [5.74, 6) is 0.565. The quantitative estimate of drug-likeness (QED) is 0.909. The summed E-state index contributed by atoms with van der Waals surface area (Å²) in [5.41, 5.74) is 8.78. The third-order valence-corrected chi connectivity index (χ3v) is 3.80. The fourth-order valence-corrected chi connectivity index (χ4v) is 2.53. The van der Waals surface area contributed by atoms with E-state index in [4.69, 9.17) is 10.5 Å². The minimum absolute atomic E-state index is 0.234. The van der Waals surface area contributed by atoms with Gasteiger partial charge in [0.05, 0.1) is 7.11 Å². The summed E-state index contributed by atoms with van der Waals surface area (Å²) in [6.07, 6.45) is 0.442. The normalized spacial score (nSPS) is 12.2. The molecule has 2 N–H and O–H groups in total. The molecule has 0 amide bonds. The Morgan fingerprint density at radius 2 is 2.00 bits per heavy atom. The van der Waals surface area contributed by atoms with Gasteiger partial charge in [-0.2, -0.15) is 0 Å². The summed E-state index contributed by atoms with van der Waals surface area (Å²) < 4.78 is 19.9. The minimum atomic E-state index is -0.270. The number of nitrogens with two attached hydrogens (primary N) is 1. The number of benzene rings is 2. The van der Waals surface area contributed by atoms with Crippen molar-refractivity contribution in [3.05, 3.63) is 63.4 Å². The maximum Gasteiger partial charge on any atom is 0.126 e. The van der Waals surface area contributed by atoms with E-state index in [1.54, 1.807) is 19.2 Å². The number of hydrogen-bond donors (Lipinski definition) is 1. The van der Waals surface area contributed by atoms with Crippen LogP contribution in [0.3, 0.4) is 0 Å². The zero-order chi connectivity index (χ0) is 14.7. The first-order chi connectivity index (χ1) is 9.51. The van der Waals surface area contributed by atoms with Crippen LogP contribution in [0.4, 0.5) is 4.39 Å². The van der Waals surface area contributed by atoms with Crippen LogP contribution in [-0.2, 0) is 6.42 Å². The Labute approximate surface area is 126 Å². The molecular weight excluding hydrogens is 321 g/mol. The highest BCUT2D eigenvalue weighted by molar-refractivity contribution is 9.10. The summed E-state index contributed by atoms with van der Waals surface area (Å²) in [5, 5.41) is 0. The molecule has 1 atom stereocenters. The second-order valence-corrected chi connectivity index (χ2v) is 5.69. The third kappa shape index (κ3) is 3.38. The van der Waals surface area contributed by atoms with E-state index in [0.717, 1.165) is 21.3 Å². The first-order valence-corrected chi connectivity index (χ1v) is 7.14. The number of hydrogen-bond acceptors (Lipinski definition) is 2. The summed E-state index contributed by atoms with van der Waals surface area (Å²) in [6, 6.07) is 10.5. The van der Waals surface area contributed by atoms with E-state index in [1.807, 2.05) is 25.1 Å². The highest BCUT2D eigenvalue weighted by atomic mass is 79.9. The molecule has 0 heterocycles. The van der Waals surface area contributed by atoms with Crippen molar-refractivity contribution >= 4 is 15.9 Å². The molecule has 0 bridgehead atoms. The molecule has 2 rings (SSSR count). The van der Waals surface area contributed by atoms with Gasteiger partial charge >= 0.3 is 0 Å². The zero-order valence-electron chi connectivity index (χ0n) is 11.5. The van der Waals surface area contributed by atoms with E-state index in [2.05, 4.69) is 15.9 Å². The van der Waals surface area contributed by atoms with Gasteiger partial charge in [0.15, 0.2) is 0 Å². The molecule has 106 valence electrons. The van der Waals surface area contributed by atoms with Crippen molar-refractivity contribution in [3.63, 3.8) is 0 Å². The van der Waals surface area contributed by atoms with Crippen LogP contribution in [0.5, 0.6) is 5.75 Å². The van der Waals surface area contributed by atoms with Gasteiger partial charge in [0, 0.05) is 10.5 Å². The molecule has 0 aromatic heterocycles. The van der Waals surface area contributed by atoms with E-state index < -0.39 is 0 Å². The minimum Gasteiger partial charge on any atom is -0.496 e. The molecule has 0 fully saturated rings. The first-order valence-electron chi connectivity index (χ1n) is 6.35. The molecule has 0 aliphatic rings. The fourth-order valence-electron chi connectivity index (χ4n) is 2.12. The highest BCUT2D eigenvalue weighted by Crippen LogP contribution is 2.25. The standard InChI is InChI=1S/C16H17BrFNO/c1-10-3-4-11(9-16(10)20-2)15(19)8-12-7-13(17)5-6-14(12)18/h3-7,9,15H,8,19H2,1-2H3. The van der Waals surface area contributed by atoms with Gasteiger partial charge in [0.2, 0.25) is 0 Å². The lowest BCUT2D eigenvalue weighted by Gasteiger charge is -2.15. The average molecular weight is 338 g/mol. The smallest absolute Gasteiger partial charge is 0.126 e. The molecule has 2 nitrogen and oxygen atoms in total. The van der Waals surface area contributed by atoms with Crippen molar-refractivity contribution in [2.75, 3.05) is 7.11 Å². The number of methoxy groups -OCH3 is 1. The first kappa shape index (κ1) is 15.0. The summed E-state index contributed by atoms with van der Waals surface area (Å²) in [7, 11) is 1.63. The second kappa shape index (κ2) is 6.37. The Bertz CT molecular complexity index is 615. The van der Waals surface area contributed by atoms with Crippen LogP contribution in [0.15, 0.2) is 40.9 Å². The van der Waals surface area contributed by atoms with E-state index in [-0.39, 0.29) is 11.9 Å². The van der Waals surface area contributed by atoms with Crippen LogP contribution >= 0.6 is 15.9 Å². The van der Waals surface area contributed by atoms with Gasteiger partial charge in [-0.25, -0.2) is 4.39 Å². The number of aryl methyl sites for hydroxylation is 1. The van der Waals surface area contributed by atoms with E-state index in [0.29, 0.717) is 12.0 Å². The van der Waals surface area contributed by atoms with Crippen LogP contribution in [0, 0.1) is 12.7 Å². The lowest BCUT2D eigenvalue weighted by Crippen LogP contribution is -2.14. The van der Waals surface area contributed by atoms with Gasteiger partial charge < -0.3 is 10.5 Å². The molecule has 1 unspecified atom stereocenters. The Hall–Kier alpha value is -1.39. The van der Waals surface area contributed by atoms with Crippen LogP contribution in [0.25, 0.3) is 0 Å². The Morgan fingerprint density at radius 1 is 1.25 bits per heavy atom. The van der Waals surface area contributed by atoms with Crippen molar-refractivity contribution in [3.8, 4) is 5.75 Å². The molecule has 0 saturated carbocycles. The van der Waals surface area contributed by atoms with Gasteiger partial charge in [0.1, 0.15) is 11.6 Å². The molecule has 0 spiro atoms. The van der Waals surface area contributed by atoms with E-state index in [1.165, 1.54) is 6.07 Å². The molecule has 2 aromatic rings. The third-order valence-electron chi connectivity index (χ3n) is 3.31. The van der Waals surface area contributed by atoms with Gasteiger partial charge in [-0.3, -0.25) is 0 Å². The monoisotopic (exact) mass is 337 g/mol. The summed E-state index contributed by atoms with van der Waals surface area (Å²) >= 11 is 3.35. The van der Waals surface area contributed by atoms with Crippen LogP contribution in [0.2, 0.25) is 0 Å². The Kier molecular flexibility index (Phi) is 4.78. The Morgan fingerprint density at radius 3 is 2.70 bits per heavy atom. The van der Waals surface area contributed by atoms with Gasteiger partial charge in [-0.15, -0.1) is 0 Å². The second-order valence-electron chi connectivity index (χ2n) is 4.78. The van der Waals surface area contributed by atoms with Crippen LogP contribution in [-0.4, -0.2) is 7.11 Å². The van der Waals surface area contributed by atoms with Crippen molar-refractivity contribution in [1.82, 2.24) is 0 Å². The van der Waals surface area contributed by atoms with Gasteiger partial charge in [0.25, 0.3) is 0 Å². The molecule has 20 heavy (non-hydrogen) atoms. The average Bonchev–Trinajstić information content (AvgIpc) is 2.43.